The van der Waals surface area contributed by atoms with Crippen molar-refractivity contribution in [3.8, 4) is 0 Å². The summed E-state index contributed by atoms with van der Waals surface area (Å²) in [5, 5.41) is 3.49. The Morgan fingerprint density at radius 3 is 2.89 bits per heavy atom. The lowest BCUT2D eigenvalue weighted by molar-refractivity contribution is -0.153. The molecule has 0 bridgehead atoms. The van der Waals surface area contributed by atoms with Crippen LogP contribution in [-0.4, -0.2) is 37.4 Å². The van der Waals surface area contributed by atoms with Crippen LogP contribution in [0.3, 0.4) is 0 Å². The number of esters is 1. The molecule has 1 saturated carbocycles. The van der Waals surface area contributed by atoms with E-state index in [9.17, 15) is 4.79 Å². The first-order valence-corrected chi connectivity index (χ1v) is 7.70. The molecule has 2 fully saturated rings. The fourth-order valence-corrected chi connectivity index (χ4v) is 3.35. The van der Waals surface area contributed by atoms with Crippen LogP contribution in [0.4, 0.5) is 0 Å². The van der Waals surface area contributed by atoms with E-state index < -0.39 is 5.54 Å². The molecule has 1 heterocycles. The third-order valence-corrected chi connectivity index (χ3v) is 4.36. The molecule has 0 radical (unpaired) electrons. The van der Waals surface area contributed by atoms with Gasteiger partial charge >= 0.3 is 5.97 Å². The maximum absolute atomic E-state index is 12.3. The minimum absolute atomic E-state index is 0.0699. The third kappa shape index (κ3) is 3.69. The van der Waals surface area contributed by atoms with E-state index in [1.54, 1.807) is 0 Å². The summed E-state index contributed by atoms with van der Waals surface area (Å²) in [6, 6.07) is 0. The lowest BCUT2D eigenvalue weighted by atomic mass is 9.76. The van der Waals surface area contributed by atoms with Crippen LogP contribution in [0.5, 0.6) is 0 Å². The van der Waals surface area contributed by atoms with E-state index in [1.807, 2.05) is 6.92 Å². The zero-order chi connectivity index (χ0) is 13.7. The predicted octanol–water partition coefficient (Wildman–Crippen LogP) is 2.27. The second kappa shape index (κ2) is 6.71. The van der Waals surface area contributed by atoms with Crippen LogP contribution >= 0.6 is 0 Å². The predicted molar refractivity (Wildman–Crippen MR) is 74.0 cm³/mol. The first-order chi connectivity index (χ1) is 9.16. The van der Waals surface area contributed by atoms with E-state index in [4.69, 9.17) is 9.47 Å². The Bertz CT molecular complexity index is 302. The van der Waals surface area contributed by atoms with Crippen LogP contribution in [-0.2, 0) is 14.3 Å². The average molecular weight is 269 g/mol. The Morgan fingerprint density at radius 2 is 2.26 bits per heavy atom. The fourth-order valence-electron chi connectivity index (χ4n) is 3.35. The van der Waals surface area contributed by atoms with E-state index >= 15 is 0 Å². The standard InChI is InChI=1S/C15H27NO3/c1-3-18-14(17)15(8-4-6-12(2)10-15)16-11-13-7-5-9-19-13/h12-13,16H,3-11H2,1-2H3. The smallest absolute Gasteiger partial charge is 0.326 e. The number of rotatable bonds is 5. The van der Waals surface area contributed by atoms with Gasteiger partial charge in [0.1, 0.15) is 5.54 Å². The first-order valence-electron chi connectivity index (χ1n) is 7.70. The molecule has 4 nitrogen and oxygen atoms in total. The minimum Gasteiger partial charge on any atom is -0.465 e. The van der Waals surface area contributed by atoms with Crippen molar-refractivity contribution < 1.29 is 14.3 Å². The maximum atomic E-state index is 12.3. The van der Waals surface area contributed by atoms with Crippen LogP contribution in [0.25, 0.3) is 0 Å². The Kier molecular flexibility index (Phi) is 5.22. The van der Waals surface area contributed by atoms with Gasteiger partial charge in [-0.25, -0.2) is 0 Å². The Hall–Kier alpha value is -0.610. The quantitative estimate of drug-likeness (QED) is 0.778. The van der Waals surface area contributed by atoms with Crippen LogP contribution in [0.2, 0.25) is 0 Å². The molecule has 2 aliphatic rings. The third-order valence-electron chi connectivity index (χ3n) is 4.36. The van der Waals surface area contributed by atoms with Crippen molar-refractivity contribution in [2.75, 3.05) is 19.8 Å². The highest BCUT2D eigenvalue weighted by Gasteiger charge is 2.43. The maximum Gasteiger partial charge on any atom is 0.326 e. The van der Waals surface area contributed by atoms with Gasteiger partial charge in [0.15, 0.2) is 0 Å². The van der Waals surface area contributed by atoms with Crippen molar-refractivity contribution in [3.05, 3.63) is 0 Å². The first kappa shape index (κ1) is 14.8. The van der Waals surface area contributed by atoms with Crippen molar-refractivity contribution in [1.29, 1.82) is 0 Å². The van der Waals surface area contributed by atoms with Gasteiger partial charge in [-0.2, -0.15) is 0 Å². The van der Waals surface area contributed by atoms with Gasteiger partial charge in [0.05, 0.1) is 12.7 Å². The van der Waals surface area contributed by atoms with Gasteiger partial charge in [0.25, 0.3) is 0 Å². The summed E-state index contributed by atoms with van der Waals surface area (Å²) in [6.45, 7) is 6.18. The van der Waals surface area contributed by atoms with Gasteiger partial charge in [-0.3, -0.25) is 10.1 Å². The molecule has 1 saturated heterocycles. The molecular weight excluding hydrogens is 242 g/mol. The Morgan fingerprint density at radius 1 is 1.42 bits per heavy atom. The second-order valence-corrected chi connectivity index (χ2v) is 6.02. The highest BCUT2D eigenvalue weighted by atomic mass is 16.5. The van der Waals surface area contributed by atoms with E-state index in [-0.39, 0.29) is 12.1 Å². The molecule has 1 aliphatic heterocycles. The highest BCUT2D eigenvalue weighted by molar-refractivity contribution is 5.81. The molecule has 0 aromatic carbocycles. The van der Waals surface area contributed by atoms with Gasteiger partial charge in [0.2, 0.25) is 0 Å². The molecule has 4 heteroatoms. The van der Waals surface area contributed by atoms with Crippen molar-refractivity contribution in [2.24, 2.45) is 5.92 Å². The van der Waals surface area contributed by atoms with Gasteiger partial charge in [-0.1, -0.05) is 19.8 Å². The molecule has 110 valence electrons. The zero-order valence-electron chi connectivity index (χ0n) is 12.2. The number of carbonyl (C=O) groups is 1. The normalized spacial score (nSPS) is 35.3. The topological polar surface area (TPSA) is 47.6 Å². The van der Waals surface area contributed by atoms with Gasteiger partial charge in [-0.05, 0) is 38.5 Å². The van der Waals surface area contributed by atoms with Gasteiger partial charge in [0, 0.05) is 13.2 Å². The minimum atomic E-state index is -0.473. The lowest BCUT2D eigenvalue weighted by Crippen LogP contribution is -2.57. The van der Waals surface area contributed by atoms with Crippen molar-refractivity contribution in [1.82, 2.24) is 5.32 Å². The van der Waals surface area contributed by atoms with Crippen LogP contribution in [0, 0.1) is 5.92 Å². The summed E-state index contributed by atoms with van der Waals surface area (Å²) in [5.74, 6) is 0.509. The Labute approximate surface area is 116 Å². The molecule has 0 aromatic heterocycles. The fraction of sp³-hybridized carbons (Fsp3) is 0.933. The molecule has 19 heavy (non-hydrogen) atoms. The average Bonchev–Trinajstić information content (AvgIpc) is 2.90. The molecule has 3 atom stereocenters. The summed E-state index contributed by atoms with van der Waals surface area (Å²) in [7, 11) is 0. The summed E-state index contributed by atoms with van der Waals surface area (Å²) in [6.07, 6.45) is 6.59. The molecule has 1 aliphatic carbocycles. The van der Waals surface area contributed by atoms with Crippen LogP contribution in [0.1, 0.15) is 52.4 Å². The van der Waals surface area contributed by atoms with Crippen LogP contribution in [0.15, 0.2) is 0 Å². The van der Waals surface area contributed by atoms with Crippen molar-refractivity contribution >= 4 is 5.97 Å². The number of nitrogens with one attached hydrogen (secondary N) is 1. The van der Waals surface area contributed by atoms with E-state index in [0.29, 0.717) is 12.5 Å². The van der Waals surface area contributed by atoms with E-state index in [1.165, 1.54) is 6.42 Å². The van der Waals surface area contributed by atoms with Crippen LogP contribution < -0.4 is 5.32 Å². The number of hydrogen-bond acceptors (Lipinski definition) is 4. The van der Waals surface area contributed by atoms with Gasteiger partial charge < -0.3 is 9.47 Å². The van der Waals surface area contributed by atoms with E-state index in [0.717, 1.165) is 45.3 Å². The van der Waals surface area contributed by atoms with E-state index in [2.05, 4.69) is 12.2 Å². The molecule has 2 rings (SSSR count). The summed E-state index contributed by atoms with van der Waals surface area (Å²) in [4.78, 5) is 12.3. The molecule has 1 N–H and O–H groups in total. The summed E-state index contributed by atoms with van der Waals surface area (Å²) in [5.41, 5.74) is -0.473. The van der Waals surface area contributed by atoms with Gasteiger partial charge in [-0.15, -0.1) is 0 Å². The Balaban J connectivity index is 1.97. The summed E-state index contributed by atoms with van der Waals surface area (Å²) < 4.78 is 10.9. The summed E-state index contributed by atoms with van der Waals surface area (Å²) >= 11 is 0. The molecule has 3 unspecified atom stereocenters. The number of carbonyl (C=O) groups excluding carboxylic acids is 1. The number of ether oxygens (including phenoxy) is 2. The molecule has 0 spiro atoms. The largest absolute Gasteiger partial charge is 0.465 e. The second-order valence-electron chi connectivity index (χ2n) is 6.02. The van der Waals surface area contributed by atoms with Crippen molar-refractivity contribution in [2.45, 2.75) is 64.0 Å². The zero-order valence-corrected chi connectivity index (χ0v) is 12.2. The monoisotopic (exact) mass is 269 g/mol. The lowest BCUT2D eigenvalue weighted by Gasteiger charge is -2.39. The highest BCUT2D eigenvalue weighted by Crippen LogP contribution is 2.33. The van der Waals surface area contributed by atoms with Crippen molar-refractivity contribution in [3.63, 3.8) is 0 Å². The molecule has 0 aromatic rings. The molecular formula is C15H27NO3. The SMILES string of the molecule is CCOC(=O)C1(NCC2CCCO2)CCCC(C)C1. The number of hydrogen-bond donors (Lipinski definition) is 1. The molecule has 0 amide bonds.